The summed E-state index contributed by atoms with van der Waals surface area (Å²) < 4.78 is 0. The fraction of sp³-hybridized carbons (Fsp3) is 0.172. The quantitative estimate of drug-likeness (QED) is 0.361. The third-order valence-corrected chi connectivity index (χ3v) is 11.0. The molecule has 0 aromatic heterocycles. The largest absolute Gasteiger partial charge is 1.00 e. The third-order valence-electron chi connectivity index (χ3n) is 6.16. The minimum absolute atomic E-state index is 0. The summed E-state index contributed by atoms with van der Waals surface area (Å²) in [5.74, 6) is 0.547. The maximum atomic E-state index is 2.42. The van der Waals surface area contributed by atoms with E-state index in [1.54, 1.807) is 0 Å². The van der Waals surface area contributed by atoms with Crippen molar-refractivity contribution in [2.75, 3.05) is 0 Å². The number of benzene rings is 4. The van der Waals surface area contributed by atoms with Gasteiger partial charge in [0.15, 0.2) is 0 Å². The molecule has 0 spiro atoms. The second-order valence-electron chi connectivity index (χ2n) is 8.23. The lowest BCUT2D eigenvalue weighted by Gasteiger charge is -2.33. The standard InChI is InChI=1S/C29H30P.BrH/c1-23(2)25-19-21-26(22-20-25)24(3)30(27-13-7-4-8-14-27,28-15-9-5-10-16-28)29-17-11-6-12-18-29;/h4-24H,1-3H3;1H/q+1;/p-1. The van der Waals surface area contributed by atoms with Crippen LogP contribution in [0.2, 0.25) is 0 Å². The Morgan fingerprint density at radius 2 is 0.774 bits per heavy atom. The molecule has 4 aromatic rings. The number of hydrogen-bond acceptors (Lipinski definition) is 0. The molecule has 0 aliphatic rings. The van der Waals surface area contributed by atoms with Crippen LogP contribution in [0.3, 0.4) is 0 Å². The Labute approximate surface area is 198 Å². The average molecular weight is 489 g/mol. The number of hydrogen-bond donors (Lipinski definition) is 0. The summed E-state index contributed by atoms with van der Waals surface area (Å²) in [6, 6.07) is 42.8. The molecule has 4 aromatic carbocycles. The van der Waals surface area contributed by atoms with Crippen molar-refractivity contribution < 1.29 is 17.0 Å². The molecule has 1 unspecified atom stereocenters. The second-order valence-corrected chi connectivity index (χ2v) is 12.0. The summed E-state index contributed by atoms with van der Waals surface area (Å²) in [5.41, 5.74) is 3.17. The van der Waals surface area contributed by atoms with Gasteiger partial charge in [-0.1, -0.05) is 92.7 Å². The highest BCUT2D eigenvalue weighted by atomic mass is 79.9. The van der Waals surface area contributed by atoms with Gasteiger partial charge in [-0.05, 0) is 60.4 Å². The van der Waals surface area contributed by atoms with Gasteiger partial charge in [0.2, 0.25) is 0 Å². The Hall–Kier alpha value is -2.21. The van der Waals surface area contributed by atoms with Crippen LogP contribution in [0.1, 0.15) is 43.5 Å². The summed E-state index contributed by atoms with van der Waals surface area (Å²) in [7, 11) is -1.91. The van der Waals surface area contributed by atoms with Gasteiger partial charge >= 0.3 is 0 Å². The summed E-state index contributed by atoms with van der Waals surface area (Å²) in [5, 5.41) is 4.30. The molecular formula is C29H30BrP. The fourth-order valence-electron chi connectivity index (χ4n) is 4.49. The van der Waals surface area contributed by atoms with E-state index in [-0.39, 0.29) is 17.0 Å². The molecule has 0 bridgehead atoms. The van der Waals surface area contributed by atoms with E-state index in [1.165, 1.54) is 27.0 Å². The molecule has 0 saturated heterocycles. The first kappa shape index (κ1) is 23.5. The van der Waals surface area contributed by atoms with Crippen molar-refractivity contribution in [2.24, 2.45) is 0 Å². The molecule has 4 rings (SSSR count). The molecule has 0 N–H and O–H groups in total. The van der Waals surface area contributed by atoms with E-state index in [9.17, 15) is 0 Å². The molecule has 0 saturated carbocycles. The minimum atomic E-state index is -1.91. The Morgan fingerprint density at radius 1 is 0.452 bits per heavy atom. The van der Waals surface area contributed by atoms with E-state index in [4.69, 9.17) is 0 Å². The van der Waals surface area contributed by atoms with E-state index in [1.807, 2.05) is 0 Å². The molecule has 0 nitrogen and oxygen atoms in total. The van der Waals surface area contributed by atoms with Crippen LogP contribution < -0.4 is 32.9 Å². The normalized spacial score (nSPS) is 12.3. The van der Waals surface area contributed by atoms with Crippen LogP contribution in [0.15, 0.2) is 115 Å². The molecule has 158 valence electrons. The van der Waals surface area contributed by atoms with Crippen molar-refractivity contribution in [1.29, 1.82) is 0 Å². The Morgan fingerprint density at radius 3 is 1.10 bits per heavy atom. The van der Waals surface area contributed by atoms with E-state index in [0.717, 1.165) is 0 Å². The molecule has 0 radical (unpaired) electrons. The van der Waals surface area contributed by atoms with Crippen molar-refractivity contribution in [2.45, 2.75) is 32.3 Å². The summed E-state index contributed by atoms with van der Waals surface area (Å²) in [6.45, 7) is 6.94. The van der Waals surface area contributed by atoms with Crippen LogP contribution in [0.5, 0.6) is 0 Å². The van der Waals surface area contributed by atoms with Gasteiger partial charge in [0.1, 0.15) is 28.8 Å². The molecule has 0 fully saturated rings. The lowest BCUT2D eigenvalue weighted by atomic mass is 10.0. The molecule has 0 aliphatic heterocycles. The average Bonchev–Trinajstić information content (AvgIpc) is 2.82. The van der Waals surface area contributed by atoms with E-state index >= 15 is 0 Å². The molecule has 2 heteroatoms. The smallest absolute Gasteiger partial charge is 0.119 e. The third kappa shape index (κ3) is 4.54. The van der Waals surface area contributed by atoms with Gasteiger partial charge in [-0.3, -0.25) is 0 Å². The van der Waals surface area contributed by atoms with Gasteiger partial charge in [-0.15, -0.1) is 0 Å². The summed E-state index contributed by atoms with van der Waals surface area (Å²) in [6.07, 6.45) is 0. The Bertz CT molecular complexity index is 961. The highest BCUT2D eigenvalue weighted by Crippen LogP contribution is 2.66. The van der Waals surface area contributed by atoms with Crippen LogP contribution in [-0.2, 0) is 0 Å². The maximum Gasteiger partial charge on any atom is 0.119 e. The van der Waals surface area contributed by atoms with Crippen LogP contribution >= 0.6 is 7.26 Å². The zero-order chi connectivity index (χ0) is 21.0. The number of rotatable bonds is 6. The van der Waals surface area contributed by atoms with Crippen molar-refractivity contribution in [1.82, 2.24) is 0 Å². The molecule has 0 aliphatic carbocycles. The number of halogens is 1. The van der Waals surface area contributed by atoms with Crippen molar-refractivity contribution >= 4 is 23.2 Å². The van der Waals surface area contributed by atoms with Gasteiger partial charge in [0.25, 0.3) is 0 Å². The van der Waals surface area contributed by atoms with Crippen LogP contribution in [0.4, 0.5) is 0 Å². The Kier molecular flexibility index (Phi) is 7.87. The van der Waals surface area contributed by atoms with Crippen LogP contribution in [0.25, 0.3) is 0 Å². The predicted molar refractivity (Wildman–Crippen MR) is 134 cm³/mol. The van der Waals surface area contributed by atoms with Crippen molar-refractivity contribution in [3.8, 4) is 0 Å². The van der Waals surface area contributed by atoms with Gasteiger partial charge < -0.3 is 17.0 Å². The van der Waals surface area contributed by atoms with Gasteiger partial charge in [0.05, 0.1) is 0 Å². The maximum absolute atomic E-state index is 2.42. The summed E-state index contributed by atoms with van der Waals surface area (Å²) >= 11 is 0. The fourth-order valence-corrected chi connectivity index (χ4v) is 9.27. The first-order valence-corrected chi connectivity index (χ1v) is 12.6. The Balaban J connectivity index is 0.00000272. The van der Waals surface area contributed by atoms with Crippen LogP contribution in [-0.4, -0.2) is 0 Å². The monoisotopic (exact) mass is 488 g/mol. The molecular weight excluding hydrogens is 459 g/mol. The highest BCUT2D eigenvalue weighted by molar-refractivity contribution is 7.95. The molecule has 1 atom stereocenters. The van der Waals surface area contributed by atoms with E-state index < -0.39 is 7.26 Å². The van der Waals surface area contributed by atoms with Gasteiger partial charge in [-0.2, -0.15) is 0 Å². The first-order chi connectivity index (χ1) is 14.6. The van der Waals surface area contributed by atoms with E-state index in [2.05, 4.69) is 136 Å². The topological polar surface area (TPSA) is 0 Å². The van der Waals surface area contributed by atoms with Crippen LogP contribution in [0, 0.1) is 0 Å². The van der Waals surface area contributed by atoms with Crippen molar-refractivity contribution in [3.05, 3.63) is 126 Å². The summed E-state index contributed by atoms with van der Waals surface area (Å²) in [4.78, 5) is 0. The molecule has 0 heterocycles. The highest BCUT2D eigenvalue weighted by Gasteiger charge is 2.50. The van der Waals surface area contributed by atoms with Gasteiger partial charge in [-0.25, -0.2) is 0 Å². The predicted octanol–water partition coefficient (Wildman–Crippen LogP) is 3.87. The van der Waals surface area contributed by atoms with E-state index in [0.29, 0.717) is 11.6 Å². The first-order valence-electron chi connectivity index (χ1n) is 10.8. The zero-order valence-corrected chi connectivity index (χ0v) is 20.9. The lowest BCUT2D eigenvalue weighted by molar-refractivity contribution is -0.00000601. The minimum Gasteiger partial charge on any atom is -1.00 e. The zero-order valence-electron chi connectivity index (χ0n) is 18.4. The molecule has 31 heavy (non-hydrogen) atoms. The second kappa shape index (κ2) is 10.4. The lowest BCUT2D eigenvalue weighted by Crippen LogP contribution is -3.00. The SMILES string of the molecule is CC(C)c1ccc(C(C)[P+](c2ccccc2)(c2ccccc2)c2ccccc2)cc1.[Br-]. The van der Waals surface area contributed by atoms with Crippen molar-refractivity contribution in [3.63, 3.8) is 0 Å². The molecule has 0 amide bonds. The van der Waals surface area contributed by atoms with Gasteiger partial charge in [0, 0.05) is 0 Å².